The molecular formula is C24H27N3O. The van der Waals surface area contributed by atoms with Crippen molar-refractivity contribution >= 4 is 39.1 Å². The summed E-state index contributed by atoms with van der Waals surface area (Å²) in [7, 11) is 0. The first kappa shape index (κ1) is 18.4. The summed E-state index contributed by atoms with van der Waals surface area (Å²) >= 11 is 0. The summed E-state index contributed by atoms with van der Waals surface area (Å²) in [6.07, 6.45) is 0. The van der Waals surface area contributed by atoms with Crippen molar-refractivity contribution in [3.8, 4) is 0 Å². The summed E-state index contributed by atoms with van der Waals surface area (Å²) < 4.78 is 6.20. The number of aromatic nitrogens is 1. The second-order valence-electron chi connectivity index (χ2n) is 7.56. The molecule has 1 N–H and O–H groups in total. The number of rotatable bonds is 5. The topological polar surface area (TPSA) is 41.3 Å². The number of hydrogen-bond donors (Lipinski definition) is 1. The highest BCUT2D eigenvalue weighted by Gasteiger charge is 2.17. The van der Waals surface area contributed by atoms with Crippen LogP contribution in [0.4, 0.5) is 17.1 Å². The van der Waals surface area contributed by atoms with E-state index in [0.717, 1.165) is 45.5 Å². The molecule has 4 nitrogen and oxygen atoms in total. The van der Waals surface area contributed by atoms with E-state index < -0.39 is 0 Å². The second kappa shape index (κ2) is 7.19. The lowest BCUT2D eigenvalue weighted by Crippen LogP contribution is -2.30. The van der Waals surface area contributed by atoms with Crippen LogP contribution in [0, 0.1) is 13.8 Å². The molecular weight excluding hydrogens is 346 g/mol. The van der Waals surface area contributed by atoms with Gasteiger partial charge >= 0.3 is 0 Å². The fraction of sp³-hybridized carbons (Fsp3) is 0.292. The van der Waals surface area contributed by atoms with E-state index >= 15 is 0 Å². The predicted octanol–water partition coefficient (Wildman–Crippen LogP) is 6.58. The Morgan fingerprint density at radius 3 is 2.50 bits per heavy atom. The molecule has 0 bridgehead atoms. The van der Waals surface area contributed by atoms with Crippen LogP contribution in [0.25, 0.3) is 22.1 Å². The van der Waals surface area contributed by atoms with Crippen molar-refractivity contribution in [1.82, 2.24) is 4.98 Å². The van der Waals surface area contributed by atoms with Gasteiger partial charge in [-0.2, -0.15) is 0 Å². The Labute approximate surface area is 166 Å². The SMILES string of the molecule is CCN(c1ccccc1Nc1c(C)ccc2c1oc1nc(C)ccc12)C(C)C. The number of aryl methyl sites for hydroxylation is 2. The number of hydrogen-bond acceptors (Lipinski definition) is 4. The van der Waals surface area contributed by atoms with E-state index in [9.17, 15) is 0 Å². The minimum Gasteiger partial charge on any atom is -0.435 e. The average molecular weight is 374 g/mol. The maximum atomic E-state index is 6.20. The molecule has 0 saturated carbocycles. The molecule has 0 aliphatic carbocycles. The molecule has 2 aromatic carbocycles. The lowest BCUT2D eigenvalue weighted by atomic mass is 10.1. The smallest absolute Gasteiger partial charge is 0.227 e. The highest BCUT2D eigenvalue weighted by atomic mass is 16.3. The fourth-order valence-corrected chi connectivity index (χ4v) is 3.85. The third kappa shape index (κ3) is 3.09. The number of nitrogens with one attached hydrogen (secondary N) is 1. The summed E-state index contributed by atoms with van der Waals surface area (Å²) in [5.74, 6) is 0. The average Bonchev–Trinajstić information content (AvgIpc) is 3.03. The molecule has 2 aromatic heterocycles. The van der Waals surface area contributed by atoms with E-state index in [4.69, 9.17) is 4.42 Å². The van der Waals surface area contributed by atoms with Crippen molar-refractivity contribution in [2.75, 3.05) is 16.8 Å². The van der Waals surface area contributed by atoms with Gasteiger partial charge < -0.3 is 14.6 Å². The summed E-state index contributed by atoms with van der Waals surface area (Å²) in [6.45, 7) is 11.7. The van der Waals surface area contributed by atoms with Gasteiger partial charge in [-0.05, 0) is 64.4 Å². The van der Waals surface area contributed by atoms with Crippen molar-refractivity contribution in [3.05, 3.63) is 59.8 Å². The van der Waals surface area contributed by atoms with Crippen LogP contribution in [0.15, 0.2) is 52.9 Å². The second-order valence-corrected chi connectivity index (χ2v) is 7.56. The van der Waals surface area contributed by atoms with Gasteiger partial charge in [0, 0.05) is 29.1 Å². The minimum atomic E-state index is 0.420. The Morgan fingerprint density at radius 1 is 1.00 bits per heavy atom. The molecule has 4 aromatic rings. The molecule has 0 atom stereocenters. The summed E-state index contributed by atoms with van der Waals surface area (Å²) in [5, 5.41) is 5.80. The standard InChI is InChI=1S/C24H27N3O/c1-6-27(15(2)3)21-10-8-7-9-20(21)26-22-16(4)11-13-18-19-14-12-17(5)25-24(19)28-23(18)22/h7-15,26H,6H2,1-5H3. The zero-order chi connectivity index (χ0) is 19.8. The lowest BCUT2D eigenvalue weighted by Gasteiger charge is -2.30. The highest BCUT2D eigenvalue weighted by Crippen LogP contribution is 2.38. The third-order valence-corrected chi connectivity index (χ3v) is 5.29. The first-order chi connectivity index (χ1) is 13.5. The van der Waals surface area contributed by atoms with Crippen LogP contribution < -0.4 is 10.2 Å². The van der Waals surface area contributed by atoms with Gasteiger partial charge in [-0.15, -0.1) is 0 Å². The number of anilines is 3. The summed E-state index contributed by atoms with van der Waals surface area (Å²) in [6, 6.07) is 17.3. The van der Waals surface area contributed by atoms with Crippen LogP contribution >= 0.6 is 0 Å². The zero-order valence-corrected chi connectivity index (χ0v) is 17.2. The van der Waals surface area contributed by atoms with Crippen molar-refractivity contribution in [3.63, 3.8) is 0 Å². The number of pyridine rings is 1. The minimum absolute atomic E-state index is 0.420. The van der Waals surface area contributed by atoms with E-state index in [2.05, 4.69) is 85.4 Å². The number of benzene rings is 2. The zero-order valence-electron chi connectivity index (χ0n) is 17.2. The number of para-hydroxylation sites is 2. The normalized spacial score (nSPS) is 11.5. The molecule has 4 rings (SSSR count). The maximum Gasteiger partial charge on any atom is 0.227 e. The molecule has 0 radical (unpaired) electrons. The van der Waals surface area contributed by atoms with E-state index in [1.54, 1.807) is 0 Å². The Balaban J connectivity index is 1.87. The largest absolute Gasteiger partial charge is 0.435 e. The Morgan fingerprint density at radius 2 is 1.75 bits per heavy atom. The highest BCUT2D eigenvalue weighted by molar-refractivity contribution is 6.09. The summed E-state index contributed by atoms with van der Waals surface area (Å²) in [5.41, 5.74) is 6.93. The number of furan rings is 1. The molecule has 2 heterocycles. The van der Waals surface area contributed by atoms with Gasteiger partial charge in [0.15, 0.2) is 5.58 Å². The summed E-state index contributed by atoms with van der Waals surface area (Å²) in [4.78, 5) is 6.96. The third-order valence-electron chi connectivity index (χ3n) is 5.29. The van der Waals surface area contributed by atoms with Gasteiger partial charge in [0.2, 0.25) is 5.71 Å². The van der Waals surface area contributed by atoms with Crippen LogP contribution in [-0.4, -0.2) is 17.6 Å². The van der Waals surface area contributed by atoms with Gasteiger partial charge in [0.05, 0.1) is 17.1 Å². The number of fused-ring (bicyclic) bond motifs is 3. The van der Waals surface area contributed by atoms with Crippen LogP contribution in [-0.2, 0) is 0 Å². The molecule has 0 fully saturated rings. The van der Waals surface area contributed by atoms with Crippen LogP contribution in [0.1, 0.15) is 32.0 Å². The van der Waals surface area contributed by atoms with Gasteiger partial charge in [-0.25, -0.2) is 4.98 Å². The Bertz CT molecular complexity index is 1140. The van der Waals surface area contributed by atoms with Crippen LogP contribution in [0.2, 0.25) is 0 Å². The lowest BCUT2D eigenvalue weighted by molar-refractivity contribution is 0.653. The van der Waals surface area contributed by atoms with Crippen LogP contribution in [0.5, 0.6) is 0 Å². The first-order valence-electron chi connectivity index (χ1n) is 9.91. The van der Waals surface area contributed by atoms with Gasteiger partial charge in [-0.1, -0.05) is 24.3 Å². The van der Waals surface area contributed by atoms with E-state index in [1.807, 2.05) is 13.0 Å². The van der Waals surface area contributed by atoms with E-state index in [1.165, 1.54) is 5.69 Å². The van der Waals surface area contributed by atoms with Crippen LogP contribution in [0.3, 0.4) is 0 Å². The maximum absolute atomic E-state index is 6.20. The molecule has 144 valence electrons. The first-order valence-corrected chi connectivity index (χ1v) is 9.91. The Hall–Kier alpha value is -3.01. The van der Waals surface area contributed by atoms with Gasteiger partial charge in [0.1, 0.15) is 0 Å². The van der Waals surface area contributed by atoms with Crippen molar-refractivity contribution in [1.29, 1.82) is 0 Å². The monoisotopic (exact) mass is 373 g/mol. The van der Waals surface area contributed by atoms with Crippen molar-refractivity contribution in [2.24, 2.45) is 0 Å². The molecule has 0 aliphatic heterocycles. The molecule has 0 aliphatic rings. The Kier molecular flexibility index (Phi) is 4.71. The van der Waals surface area contributed by atoms with E-state index in [-0.39, 0.29) is 0 Å². The molecule has 4 heteroatoms. The van der Waals surface area contributed by atoms with Gasteiger partial charge in [0.25, 0.3) is 0 Å². The quantitative estimate of drug-likeness (QED) is 0.429. The van der Waals surface area contributed by atoms with E-state index in [0.29, 0.717) is 11.8 Å². The molecule has 0 unspecified atom stereocenters. The molecule has 0 amide bonds. The molecule has 0 saturated heterocycles. The molecule has 28 heavy (non-hydrogen) atoms. The predicted molar refractivity (Wildman–Crippen MR) is 119 cm³/mol. The van der Waals surface area contributed by atoms with Crippen molar-refractivity contribution < 1.29 is 4.42 Å². The van der Waals surface area contributed by atoms with Gasteiger partial charge in [-0.3, -0.25) is 0 Å². The number of nitrogens with zero attached hydrogens (tertiary/aromatic N) is 2. The fourth-order valence-electron chi connectivity index (χ4n) is 3.85. The van der Waals surface area contributed by atoms with Crippen molar-refractivity contribution in [2.45, 2.75) is 40.7 Å². The molecule has 0 spiro atoms.